The van der Waals surface area contributed by atoms with Gasteiger partial charge in [0.15, 0.2) is 0 Å². The van der Waals surface area contributed by atoms with Gasteiger partial charge >= 0.3 is 0 Å². The Morgan fingerprint density at radius 3 is 3.05 bits per heavy atom. The van der Waals surface area contributed by atoms with Gasteiger partial charge in [0.25, 0.3) is 0 Å². The number of benzene rings is 1. The second-order valence-corrected chi connectivity index (χ2v) is 4.56. The van der Waals surface area contributed by atoms with Crippen molar-refractivity contribution in [3.05, 3.63) is 30.7 Å². The number of amides is 1. The van der Waals surface area contributed by atoms with Crippen molar-refractivity contribution in [1.82, 2.24) is 10.2 Å². The van der Waals surface area contributed by atoms with Crippen molar-refractivity contribution >= 4 is 11.6 Å². The van der Waals surface area contributed by atoms with E-state index in [1.165, 1.54) is 6.39 Å². The smallest absolute Gasteiger partial charge is 0.247 e. The highest BCUT2D eigenvalue weighted by molar-refractivity contribution is 5.95. The van der Waals surface area contributed by atoms with Crippen molar-refractivity contribution in [2.45, 2.75) is 32.2 Å². The molecule has 0 unspecified atom stereocenters. The van der Waals surface area contributed by atoms with E-state index in [-0.39, 0.29) is 5.91 Å². The van der Waals surface area contributed by atoms with E-state index in [0.717, 1.165) is 18.4 Å². The van der Waals surface area contributed by atoms with E-state index < -0.39 is 6.04 Å². The molecule has 0 saturated carbocycles. The molecule has 0 aliphatic heterocycles. The normalized spacial score (nSPS) is 12.1. The van der Waals surface area contributed by atoms with Gasteiger partial charge in [-0.15, -0.1) is 10.2 Å². The van der Waals surface area contributed by atoms with E-state index in [0.29, 0.717) is 18.0 Å². The summed E-state index contributed by atoms with van der Waals surface area (Å²) in [5, 5.41) is 10.3. The number of carbonyl (C=O) groups is 1. The minimum atomic E-state index is -0.484. The molecule has 3 N–H and O–H groups in total. The second-order valence-electron chi connectivity index (χ2n) is 4.56. The summed E-state index contributed by atoms with van der Waals surface area (Å²) in [6.07, 6.45) is 3.91. The molecular formula is C14H18N4O2. The van der Waals surface area contributed by atoms with Gasteiger partial charge in [-0.1, -0.05) is 25.8 Å². The molecule has 2 aromatic rings. The van der Waals surface area contributed by atoms with E-state index in [1.54, 1.807) is 12.1 Å². The maximum atomic E-state index is 11.9. The molecule has 1 heterocycles. The Kier molecular flexibility index (Phi) is 4.84. The van der Waals surface area contributed by atoms with Crippen molar-refractivity contribution in [3.8, 4) is 11.5 Å². The highest BCUT2D eigenvalue weighted by atomic mass is 16.4. The summed E-state index contributed by atoms with van der Waals surface area (Å²) in [4.78, 5) is 11.9. The van der Waals surface area contributed by atoms with Crippen LogP contribution in [0.3, 0.4) is 0 Å². The summed E-state index contributed by atoms with van der Waals surface area (Å²) in [6, 6.07) is 6.73. The highest BCUT2D eigenvalue weighted by Gasteiger charge is 2.13. The summed E-state index contributed by atoms with van der Waals surface area (Å²) in [5.74, 6) is 0.234. The molecule has 0 spiro atoms. The summed E-state index contributed by atoms with van der Waals surface area (Å²) in [5.41, 5.74) is 7.25. The zero-order valence-corrected chi connectivity index (χ0v) is 11.4. The van der Waals surface area contributed by atoms with Crippen LogP contribution in [-0.2, 0) is 4.79 Å². The van der Waals surface area contributed by atoms with Gasteiger partial charge in [0.05, 0.1) is 6.04 Å². The molecule has 1 amide bonds. The van der Waals surface area contributed by atoms with Gasteiger partial charge in [-0.3, -0.25) is 4.79 Å². The number of unbranched alkanes of at least 4 members (excludes halogenated alkanes) is 1. The van der Waals surface area contributed by atoms with Crippen molar-refractivity contribution in [2.75, 3.05) is 5.32 Å². The minimum Gasteiger partial charge on any atom is -0.423 e. The largest absolute Gasteiger partial charge is 0.423 e. The molecule has 1 aromatic heterocycles. The molecule has 1 aromatic carbocycles. The molecule has 0 aliphatic rings. The van der Waals surface area contributed by atoms with Crippen LogP contribution in [0, 0.1) is 0 Å². The average Bonchev–Trinajstić information content (AvgIpc) is 2.99. The standard InChI is InChI=1S/C14H18N4O2/c1-2-3-7-12(15)13(19)17-11-6-4-5-10(8-11)14-18-16-9-20-14/h4-6,8-9,12H,2-3,7,15H2,1H3,(H,17,19)/t12-/m0/s1. The number of hydrogen-bond acceptors (Lipinski definition) is 5. The van der Waals surface area contributed by atoms with Crippen LogP contribution in [0.25, 0.3) is 11.5 Å². The quantitative estimate of drug-likeness (QED) is 0.842. The Labute approximate surface area is 117 Å². The second kappa shape index (κ2) is 6.81. The van der Waals surface area contributed by atoms with Crippen LogP contribution in [0.15, 0.2) is 35.1 Å². The average molecular weight is 274 g/mol. The number of nitrogens with zero attached hydrogens (tertiary/aromatic N) is 2. The van der Waals surface area contributed by atoms with Crippen LogP contribution in [-0.4, -0.2) is 22.1 Å². The summed E-state index contributed by atoms with van der Waals surface area (Å²) < 4.78 is 5.12. The third kappa shape index (κ3) is 3.64. The number of nitrogens with two attached hydrogens (primary N) is 1. The third-order valence-corrected chi connectivity index (χ3v) is 2.94. The first-order valence-electron chi connectivity index (χ1n) is 6.63. The summed E-state index contributed by atoms with van der Waals surface area (Å²) in [6.45, 7) is 2.07. The van der Waals surface area contributed by atoms with E-state index in [2.05, 4.69) is 22.4 Å². The molecule has 6 heteroatoms. The summed E-state index contributed by atoms with van der Waals surface area (Å²) in [7, 11) is 0. The topological polar surface area (TPSA) is 94.0 Å². The Bertz CT molecular complexity index is 554. The minimum absolute atomic E-state index is 0.180. The van der Waals surface area contributed by atoms with Crippen LogP contribution < -0.4 is 11.1 Å². The molecule has 0 saturated heterocycles. The van der Waals surface area contributed by atoms with Gasteiger partial charge in [0.1, 0.15) is 0 Å². The first-order chi connectivity index (χ1) is 9.70. The fourth-order valence-corrected chi connectivity index (χ4v) is 1.82. The van der Waals surface area contributed by atoms with Crippen LogP contribution in [0.4, 0.5) is 5.69 Å². The molecule has 0 fully saturated rings. The SMILES string of the molecule is CCCC[C@H](N)C(=O)Nc1cccc(-c2nnco2)c1. The Morgan fingerprint density at radius 2 is 2.35 bits per heavy atom. The first kappa shape index (κ1) is 14.2. The van der Waals surface area contributed by atoms with Crippen LogP contribution >= 0.6 is 0 Å². The molecule has 2 rings (SSSR count). The zero-order valence-electron chi connectivity index (χ0n) is 11.4. The molecule has 0 aliphatic carbocycles. The fraction of sp³-hybridized carbons (Fsp3) is 0.357. The van der Waals surface area contributed by atoms with Gasteiger partial charge in [-0.05, 0) is 24.6 Å². The first-order valence-corrected chi connectivity index (χ1v) is 6.63. The molecule has 6 nitrogen and oxygen atoms in total. The van der Waals surface area contributed by atoms with E-state index in [4.69, 9.17) is 10.2 Å². The number of nitrogens with one attached hydrogen (secondary N) is 1. The lowest BCUT2D eigenvalue weighted by Gasteiger charge is -2.12. The number of hydrogen-bond donors (Lipinski definition) is 2. The molecule has 20 heavy (non-hydrogen) atoms. The molecule has 106 valence electrons. The predicted octanol–water partition coefficient (Wildman–Crippen LogP) is 2.19. The van der Waals surface area contributed by atoms with Gasteiger partial charge in [0, 0.05) is 11.3 Å². The van der Waals surface area contributed by atoms with Gasteiger partial charge < -0.3 is 15.5 Å². The number of aromatic nitrogens is 2. The molecule has 0 radical (unpaired) electrons. The third-order valence-electron chi connectivity index (χ3n) is 2.94. The van der Waals surface area contributed by atoms with Crippen molar-refractivity contribution in [2.24, 2.45) is 5.73 Å². The maximum absolute atomic E-state index is 11.9. The predicted molar refractivity (Wildman–Crippen MR) is 75.9 cm³/mol. The van der Waals surface area contributed by atoms with Gasteiger partial charge in [-0.25, -0.2) is 0 Å². The number of carbonyl (C=O) groups excluding carboxylic acids is 1. The van der Waals surface area contributed by atoms with Crippen molar-refractivity contribution in [1.29, 1.82) is 0 Å². The number of anilines is 1. The van der Waals surface area contributed by atoms with E-state index in [1.807, 2.05) is 12.1 Å². The van der Waals surface area contributed by atoms with Crippen LogP contribution in [0.5, 0.6) is 0 Å². The molecular weight excluding hydrogens is 256 g/mol. The monoisotopic (exact) mass is 274 g/mol. The lowest BCUT2D eigenvalue weighted by molar-refractivity contribution is -0.117. The molecule has 0 bridgehead atoms. The molecule has 1 atom stereocenters. The fourth-order valence-electron chi connectivity index (χ4n) is 1.82. The van der Waals surface area contributed by atoms with Gasteiger partial charge in [0.2, 0.25) is 18.2 Å². The number of rotatable bonds is 6. The maximum Gasteiger partial charge on any atom is 0.247 e. The highest BCUT2D eigenvalue weighted by Crippen LogP contribution is 2.20. The Hall–Kier alpha value is -2.21. The Morgan fingerprint density at radius 1 is 1.50 bits per heavy atom. The lowest BCUT2D eigenvalue weighted by atomic mass is 10.1. The van der Waals surface area contributed by atoms with Gasteiger partial charge in [-0.2, -0.15) is 0 Å². The Balaban J connectivity index is 2.03. The lowest BCUT2D eigenvalue weighted by Crippen LogP contribution is -2.35. The van der Waals surface area contributed by atoms with Crippen molar-refractivity contribution in [3.63, 3.8) is 0 Å². The van der Waals surface area contributed by atoms with E-state index >= 15 is 0 Å². The summed E-state index contributed by atoms with van der Waals surface area (Å²) >= 11 is 0. The van der Waals surface area contributed by atoms with Crippen LogP contribution in [0.2, 0.25) is 0 Å². The van der Waals surface area contributed by atoms with Crippen LogP contribution in [0.1, 0.15) is 26.2 Å². The zero-order chi connectivity index (χ0) is 14.4. The van der Waals surface area contributed by atoms with E-state index in [9.17, 15) is 4.79 Å². The van der Waals surface area contributed by atoms with Crippen molar-refractivity contribution < 1.29 is 9.21 Å².